The van der Waals surface area contributed by atoms with Gasteiger partial charge in [0.05, 0.1) is 5.69 Å². The number of nitrogen functional groups attached to an aromatic ring is 1. The third kappa shape index (κ3) is 3.61. The molecule has 0 unspecified atom stereocenters. The third-order valence-corrected chi connectivity index (χ3v) is 7.35. The highest BCUT2D eigenvalue weighted by atomic mass is 15.2. The summed E-state index contributed by atoms with van der Waals surface area (Å²) in [7, 11) is 2.22. The first kappa shape index (κ1) is 18.9. The lowest BCUT2D eigenvalue weighted by Gasteiger charge is -2.39. The molecule has 5 rings (SSSR count). The molecule has 3 aliphatic rings. The zero-order valence-electron chi connectivity index (χ0n) is 17.6. The Morgan fingerprint density at radius 3 is 2.52 bits per heavy atom. The van der Waals surface area contributed by atoms with Gasteiger partial charge in [-0.1, -0.05) is 24.3 Å². The van der Waals surface area contributed by atoms with Crippen molar-refractivity contribution in [2.75, 3.05) is 30.8 Å². The normalized spacial score (nSPS) is 24.6. The van der Waals surface area contributed by atoms with Gasteiger partial charge in [-0.25, -0.2) is 4.98 Å². The van der Waals surface area contributed by atoms with E-state index in [2.05, 4.69) is 41.1 Å². The Balaban J connectivity index is 1.41. The van der Waals surface area contributed by atoms with Crippen LogP contribution in [0.3, 0.4) is 0 Å². The second-order valence-corrected chi connectivity index (χ2v) is 9.06. The number of hydrogen-bond donors (Lipinski definition) is 1. The van der Waals surface area contributed by atoms with Crippen molar-refractivity contribution in [3.05, 3.63) is 35.4 Å². The van der Waals surface area contributed by atoms with Crippen molar-refractivity contribution in [1.29, 1.82) is 0 Å². The average Bonchev–Trinajstić information content (AvgIpc) is 3.23. The quantitative estimate of drug-likeness (QED) is 0.855. The van der Waals surface area contributed by atoms with Gasteiger partial charge in [0.25, 0.3) is 0 Å². The molecule has 0 spiro atoms. The molecule has 29 heavy (non-hydrogen) atoms. The number of nitrogens with zero attached hydrogens (tertiary/aromatic N) is 4. The predicted octanol–water partition coefficient (Wildman–Crippen LogP) is 4.06. The summed E-state index contributed by atoms with van der Waals surface area (Å²) in [6.45, 7) is 2.61. The van der Waals surface area contributed by atoms with Crippen molar-refractivity contribution in [2.24, 2.45) is 0 Å². The minimum atomic E-state index is 0.396. The van der Waals surface area contributed by atoms with E-state index in [0.29, 0.717) is 12.0 Å². The summed E-state index contributed by atoms with van der Waals surface area (Å²) in [5.41, 5.74) is 11.2. The van der Waals surface area contributed by atoms with Crippen molar-refractivity contribution in [1.82, 2.24) is 14.9 Å². The fourth-order valence-electron chi connectivity index (χ4n) is 5.75. The van der Waals surface area contributed by atoms with Crippen LogP contribution in [-0.4, -0.2) is 47.1 Å². The van der Waals surface area contributed by atoms with Crippen LogP contribution in [0.25, 0.3) is 11.3 Å². The molecule has 2 aromatic rings. The van der Waals surface area contributed by atoms with Crippen molar-refractivity contribution < 1.29 is 0 Å². The molecule has 5 nitrogen and oxygen atoms in total. The van der Waals surface area contributed by atoms with Crippen LogP contribution in [0.1, 0.15) is 56.1 Å². The van der Waals surface area contributed by atoms with Crippen molar-refractivity contribution in [3.8, 4) is 11.3 Å². The number of hydrogen-bond acceptors (Lipinski definition) is 5. The Hall–Kier alpha value is -2.14. The maximum Gasteiger partial charge on any atom is 0.222 e. The molecule has 2 aliphatic carbocycles. The maximum atomic E-state index is 6.21. The van der Waals surface area contributed by atoms with Crippen LogP contribution < -0.4 is 10.6 Å². The van der Waals surface area contributed by atoms with Crippen LogP contribution >= 0.6 is 0 Å². The van der Waals surface area contributed by atoms with E-state index >= 15 is 0 Å². The molecule has 154 valence electrons. The summed E-state index contributed by atoms with van der Waals surface area (Å²) in [6.07, 6.45) is 11.1. The van der Waals surface area contributed by atoms with Gasteiger partial charge in [0.1, 0.15) is 5.82 Å². The molecule has 0 atom stereocenters. The fraction of sp³-hybridized carbons (Fsp3) is 0.583. The second kappa shape index (κ2) is 7.94. The summed E-state index contributed by atoms with van der Waals surface area (Å²) in [5, 5.41) is 0. The molecule has 0 bridgehead atoms. The second-order valence-electron chi connectivity index (χ2n) is 9.06. The summed E-state index contributed by atoms with van der Waals surface area (Å²) in [5.74, 6) is 1.46. The largest absolute Gasteiger partial charge is 0.368 e. The fourth-order valence-corrected chi connectivity index (χ4v) is 5.75. The molecular weight excluding hydrogens is 358 g/mol. The third-order valence-electron chi connectivity index (χ3n) is 7.35. The first-order valence-corrected chi connectivity index (χ1v) is 11.4. The van der Waals surface area contributed by atoms with E-state index in [-0.39, 0.29) is 0 Å². The van der Waals surface area contributed by atoms with Crippen LogP contribution in [0.5, 0.6) is 0 Å². The van der Waals surface area contributed by atoms with Crippen molar-refractivity contribution in [3.63, 3.8) is 0 Å². The predicted molar refractivity (Wildman–Crippen MR) is 119 cm³/mol. The summed E-state index contributed by atoms with van der Waals surface area (Å²) in [6, 6.07) is 9.99. The van der Waals surface area contributed by atoms with Crippen LogP contribution in [0, 0.1) is 0 Å². The Bertz CT molecular complexity index is 866. The highest BCUT2D eigenvalue weighted by Gasteiger charge is 2.31. The van der Waals surface area contributed by atoms with Gasteiger partial charge in [-0.3, -0.25) is 0 Å². The minimum Gasteiger partial charge on any atom is -0.368 e. The monoisotopic (exact) mass is 391 g/mol. The van der Waals surface area contributed by atoms with Crippen LogP contribution in [0.15, 0.2) is 24.3 Å². The first-order valence-electron chi connectivity index (χ1n) is 11.4. The lowest BCUT2D eigenvalue weighted by Crippen LogP contribution is -2.42. The van der Waals surface area contributed by atoms with E-state index < -0.39 is 0 Å². The van der Waals surface area contributed by atoms with Crippen LogP contribution in [-0.2, 0) is 12.8 Å². The Labute approximate surface area is 174 Å². The number of nitrogens with two attached hydrogens (primary N) is 1. The molecule has 5 heteroatoms. The van der Waals surface area contributed by atoms with Crippen LogP contribution in [0.4, 0.5) is 11.8 Å². The molecule has 0 radical (unpaired) electrons. The van der Waals surface area contributed by atoms with E-state index in [9.17, 15) is 0 Å². The average molecular weight is 392 g/mol. The molecule has 2 N–H and O–H groups in total. The molecule has 1 saturated heterocycles. The van der Waals surface area contributed by atoms with E-state index in [1.165, 1.54) is 68.3 Å². The molecule has 1 aliphatic heterocycles. The highest BCUT2D eigenvalue weighted by molar-refractivity contribution is 5.74. The molecule has 1 saturated carbocycles. The van der Waals surface area contributed by atoms with E-state index in [0.717, 1.165) is 36.8 Å². The highest BCUT2D eigenvalue weighted by Crippen LogP contribution is 2.38. The molecule has 0 amide bonds. The number of aryl methyl sites for hydroxylation is 1. The maximum absolute atomic E-state index is 6.21. The van der Waals surface area contributed by atoms with Gasteiger partial charge in [0.2, 0.25) is 5.95 Å². The Morgan fingerprint density at radius 2 is 1.72 bits per heavy atom. The number of aromatic nitrogens is 2. The Kier molecular flexibility index (Phi) is 5.17. The molecule has 2 heterocycles. The van der Waals surface area contributed by atoms with Gasteiger partial charge >= 0.3 is 0 Å². The number of rotatable bonds is 3. The number of fused-ring (bicyclic) bond motifs is 3. The molecule has 1 aromatic carbocycles. The van der Waals surface area contributed by atoms with Gasteiger partial charge in [0.15, 0.2) is 0 Å². The number of anilines is 2. The number of likely N-dealkylation sites (tertiary alicyclic amines) is 1. The van der Waals surface area contributed by atoms with E-state index in [1.807, 2.05) is 0 Å². The lowest BCUT2D eigenvalue weighted by molar-refractivity contribution is 0.181. The van der Waals surface area contributed by atoms with E-state index in [4.69, 9.17) is 15.7 Å². The summed E-state index contributed by atoms with van der Waals surface area (Å²) >= 11 is 0. The van der Waals surface area contributed by atoms with Gasteiger partial charge < -0.3 is 15.5 Å². The van der Waals surface area contributed by atoms with E-state index in [1.54, 1.807) is 0 Å². The van der Waals surface area contributed by atoms with Crippen molar-refractivity contribution in [2.45, 2.75) is 69.9 Å². The topological polar surface area (TPSA) is 58.3 Å². The first-order chi connectivity index (χ1) is 14.2. The zero-order chi connectivity index (χ0) is 19.8. The van der Waals surface area contributed by atoms with Gasteiger partial charge in [-0.05, 0) is 76.4 Å². The lowest BCUT2D eigenvalue weighted by atomic mass is 9.89. The Morgan fingerprint density at radius 1 is 0.966 bits per heavy atom. The minimum absolute atomic E-state index is 0.396. The molecule has 1 aromatic heterocycles. The van der Waals surface area contributed by atoms with Crippen molar-refractivity contribution >= 4 is 11.8 Å². The summed E-state index contributed by atoms with van der Waals surface area (Å²) in [4.78, 5) is 14.6. The summed E-state index contributed by atoms with van der Waals surface area (Å²) < 4.78 is 0. The molecular formula is C24H33N5. The smallest absolute Gasteiger partial charge is 0.222 e. The van der Waals surface area contributed by atoms with Gasteiger partial charge in [-0.15, -0.1) is 0 Å². The molecule has 2 fully saturated rings. The SMILES string of the molecule is CN(c1nc(N)nc2c1CCCc1ccccc1-2)C1CCC(N2CCCC2)CC1. The number of benzene rings is 1. The zero-order valence-corrected chi connectivity index (χ0v) is 17.6. The van der Waals surface area contributed by atoms with Gasteiger partial charge in [-0.2, -0.15) is 4.98 Å². The standard InChI is InChI=1S/C24H33N5/c1-28(18-11-13-19(14-12-18)29-15-4-5-16-29)23-21-10-6-8-17-7-2-3-9-20(17)22(21)26-24(25)27-23/h2-3,7,9,18-19H,4-6,8,10-16H2,1H3,(H2,25,26,27). The van der Waals surface area contributed by atoms with Crippen LogP contribution in [0.2, 0.25) is 0 Å². The van der Waals surface area contributed by atoms with Gasteiger partial charge in [0, 0.05) is 30.3 Å².